The van der Waals surface area contributed by atoms with Crippen molar-refractivity contribution in [3.63, 3.8) is 0 Å². The van der Waals surface area contributed by atoms with Gasteiger partial charge in [-0.1, -0.05) is 51.8 Å². The van der Waals surface area contributed by atoms with Crippen LogP contribution >= 0.6 is 0 Å². The SMILES string of the molecule is C=C(CCC[SiH2]C(OC(C)C)OC(C)C)C(=O)OCCC[SiH2]C(OCCCC)OCCCC. The van der Waals surface area contributed by atoms with Crippen LogP contribution in [-0.2, 0) is 28.5 Å². The van der Waals surface area contributed by atoms with Crippen LogP contribution in [0.2, 0.25) is 12.1 Å². The van der Waals surface area contributed by atoms with Crippen molar-refractivity contribution in [1.29, 1.82) is 0 Å². The normalized spacial score (nSPS) is 12.5. The highest BCUT2D eigenvalue weighted by molar-refractivity contribution is 6.36. The first-order chi connectivity index (χ1) is 15.8. The van der Waals surface area contributed by atoms with Gasteiger partial charge in [0.1, 0.15) is 11.8 Å². The molecule has 0 aliphatic rings. The molecule has 6 nitrogen and oxygen atoms in total. The largest absolute Gasteiger partial charge is 0.462 e. The molecule has 0 rings (SSSR count). The average Bonchev–Trinajstić information content (AvgIpc) is 2.75. The lowest BCUT2D eigenvalue weighted by atomic mass is 10.2. The van der Waals surface area contributed by atoms with Crippen LogP contribution in [0, 0.1) is 0 Å². The van der Waals surface area contributed by atoms with E-state index in [-0.39, 0.29) is 30.0 Å². The molecule has 0 aromatic carbocycles. The molecule has 0 spiro atoms. The van der Waals surface area contributed by atoms with E-state index in [1.165, 1.54) is 0 Å². The molecule has 8 heteroatoms. The van der Waals surface area contributed by atoms with Crippen molar-refractivity contribution in [3.05, 3.63) is 12.2 Å². The van der Waals surface area contributed by atoms with Gasteiger partial charge in [-0.3, -0.25) is 0 Å². The molecule has 0 heterocycles. The van der Waals surface area contributed by atoms with Crippen LogP contribution in [-0.4, -0.2) is 68.9 Å². The summed E-state index contributed by atoms with van der Waals surface area (Å²) in [6.07, 6.45) is 7.19. The van der Waals surface area contributed by atoms with Crippen LogP contribution < -0.4 is 0 Å². The molecule has 0 aliphatic carbocycles. The van der Waals surface area contributed by atoms with Gasteiger partial charge in [-0.25, -0.2) is 4.79 Å². The van der Waals surface area contributed by atoms with E-state index >= 15 is 0 Å². The van der Waals surface area contributed by atoms with Gasteiger partial charge in [0.05, 0.1) is 37.9 Å². The Kier molecular flexibility index (Phi) is 21.6. The van der Waals surface area contributed by atoms with Crippen LogP contribution in [0.5, 0.6) is 0 Å². The van der Waals surface area contributed by atoms with E-state index < -0.39 is 19.0 Å². The van der Waals surface area contributed by atoms with Crippen LogP contribution in [0.15, 0.2) is 12.2 Å². The Morgan fingerprint density at radius 3 is 1.79 bits per heavy atom. The summed E-state index contributed by atoms with van der Waals surface area (Å²) in [7, 11) is -1.04. The summed E-state index contributed by atoms with van der Waals surface area (Å²) in [5.74, 6) is -0.335. The van der Waals surface area contributed by atoms with Crippen LogP contribution in [0.3, 0.4) is 0 Å². The molecule has 0 aromatic heterocycles. The highest BCUT2D eigenvalue weighted by Gasteiger charge is 2.15. The van der Waals surface area contributed by atoms with Crippen molar-refractivity contribution >= 4 is 25.0 Å². The summed E-state index contributed by atoms with van der Waals surface area (Å²) in [6, 6.07) is 2.10. The van der Waals surface area contributed by atoms with Gasteiger partial charge in [0.25, 0.3) is 0 Å². The molecule has 0 fully saturated rings. The second kappa shape index (κ2) is 22.0. The Hall–Kier alpha value is -0.516. The summed E-state index contributed by atoms with van der Waals surface area (Å²) < 4.78 is 29.0. The minimum Gasteiger partial charge on any atom is -0.462 e. The van der Waals surface area contributed by atoms with Crippen molar-refractivity contribution in [2.24, 2.45) is 0 Å². The predicted molar refractivity (Wildman–Crippen MR) is 142 cm³/mol. The van der Waals surface area contributed by atoms with E-state index in [0.717, 1.165) is 63.8 Å². The van der Waals surface area contributed by atoms with Crippen LogP contribution in [0.1, 0.15) is 86.5 Å². The molecule has 0 atom stereocenters. The standard InChI is InChI=1S/C25H52O6Si2/c1-8-10-15-28-24(29-16-11-9-2)32-19-13-17-27-23(26)22(7)14-12-18-33-25(30-20(3)4)31-21(5)6/h20-21,24-25H,7-19,32-33H2,1-6H3. The molecular weight excluding hydrogens is 452 g/mol. The Bertz CT molecular complexity index is 468. The van der Waals surface area contributed by atoms with E-state index in [4.69, 9.17) is 23.7 Å². The zero-order chi connectivity index (χ0) is 24.9. The molecule has 0 unspecified atom stereocenters. The van der Waals surface area contributed by atoms with Gasteiger partial charge < -0.3 is 23.7 Å². The Morgan fingerprint density at radius 2 is 1.27 bits per heavy atom. The summed E-state index contributed by atoms with van der Waals surface area (Å²) >= 11 is 0. The Morgan fingerprint density at radius 1 is 0.758 bits per heavy atom. The fraction of sp³-hybridized carbons (Fsp3) is 0.880. The minimum atomic E-state index is -0.532. The maximum atomic E-state index is 12.2. The van der Waals surface area contributed by atoms with Gasteiger partial charge >= 0.3 is 5.97 Å². The highest BCUT2D eigenvalue weighted by atomic mass is 28.2. The molecule has 0 amide bonds. The summed E-state index contributed by atoms with van der Waals surface area (Å²) in [6.45, 7) is 18.4. The quantitative estimate of drug-likeness (QED) is 0.0672. The molecule has 196 valence electrons. The van der Waals surface area contributed by atoms with E-state index in [9.17, 15) is 4.79 Å². The van der Waals surface area contributed by atoms with Gasteiger partial charge in [0.2, 0.25) is 0 Å². The van der Waals surface area contributed by atoms with Gasteiger partial charge in [0.15, 0.2) is 0 Å². The van der Waals surface area contributed by atoms with Crippen molar-refractivity contribution in [1.82, 2.24) is 0 Å². The van der Waals surface area contributed by atoms with Crippen molar-refractivity contribution in [3.8, 4) is 0 Å². The number of hydrogen-bond acceptors (Lipinski definition) is 6. The number of carbonyl (C=O) groups is 1. The van der Waals surface area contributed by atoms with Crippen molar-refractivity contribution in [2.75, 3.05) is 19.8 Å². The Balaban J connectivity index is 4.02. The van der Waals surface area contributed by atoms with Crippen LogP contribution in [0.25, 0.3) is 0 Å². The average molecular weight is 505 g/mol. The molecule has 0 radical (unpaired) electrons. The summed E-state index contributed by atoms with van der Waals surface area (Å²) in [5, 5.41) is 0. The molecule has 33 heavy (non-hydrogen) atoms. The molecule has 0 aliphatic heterocycles. The minimum absolute atomic E-state index is 0.0129. The number of hydrogen-bond donors (Lipinski definition) is 0. The highest BCUT2D eigenvalue weighted by Crippen LogP contribution is 2.11. The molecule has 0 bridgehead atoms. The first kappa shape index (κ1) is 32.5. The maximum Gasteiger partial charge on any atom is 0.333 e. The molecule has 0 aromatic rings. The van der Waals surface area contributed by atoms with E-state index in [2.05, 4.69) is 20.4 Å². The number of unbranched alkanes of at least 4 members (excludes halogenated alkanes) is 2. The fourth-order valence-electron chi connectivity index (χ4n) is 3.14. The number of rotatable bonds is 23. The first-order valence-corrected chi connectivity index (χ1v) is 16.8. The molecule has 0 saturated carbocycles. The Labute approximate surface area is 208 Å². The zero-order valence-corrected chi connectivity index (χ0v) is 25.2. The van der Waals surface area contributed by atoms with Crippen LogP contribution in [0.4, 0.5) is 0 Å². The lowest BCUT2D eigenvalue weighted by molar-refractivity contribution is -0.139. The third-order valence-electron chi connectivity index (χ3n) is 4.98. The molecular formula is C25H52O6Si2. The van der Waals surface area contributed by atoms with Gasteiger partial charge in [-0.05, 0) is 53.4 Å². The van der Waals surface area contributed by atoms with E-state index in [0.29, 0.717) is 18.6 Å². The lowest BCUT2D eigenvalue weighted by Gasteiger charge is -2.22. The number of carbonyl (C=O) groups excluding carboxylic acids is 1. The summed E-state index contributed by atoms with van der Waals surface area (Å²) in [5.41, 5.74) is 0.566. The second-order valence-electron chi connectivity index (χ2n) is 9.16. The third-order valence-corrected chi connectivity index (χ3v) is 8.59. The zero-order valence-electron chi connectivity index (χ0n) is 22.4. The molecule has 0 N–H and O–H groups in total. The predicted octanol–water partition coefficient (Wildman–Crippen LogP) is 4.48. The fourth-order valence-corrected chi connectivity index (χ4v) is 6.55. The van der Waals surface area contributed by atoms with E-state index in [1.54, 1.807) is 0 Å². The lowest BCUT2D eigenvalue weighted by Crippen LogP contribution is -2.30. The first-order valence-electron chi connectivity index (χ1n) is 13.2. The second-order valence-corrected chi connectivity index (χ2v) is 13.1. The van der Waals surface area contributed by atoms with Crippen molar-refractivity contribution in [2.45, 2.75) is 123 Å². The number of ether oxygens (including phenoxy) is 5. The smallest absolute Gasteiger partial charge is 0.333 e. The topological polar surface area (TPSA) is 63.2 Å². The molecule has 0 saturated heterocycles. The van der Waals surface area contributed by atoms with Gasteiger partial charge in [0, 0.05) is 18.8 Å². The monoisotopic (exact) mass is 504 g/mol. The third kappa shape index (κ3) is 20.6. The van der Waals surface area contributed by atoms with Gasteiger partial charge in [-0.2, -0.15) is 0 Å². The van der Waals surface area contributed by atoms with E-state index in [1.807, 2.05) is 27.7 Å². The summed E-state index contributed by atoms with van der Waals surface area (Å²) in [4.78, 5) is 12.2. The number of esters is 1. The maximum absolute atomic E-state index is 12.2. The van der Waals surface area contributed by atoms with Crippen molar-refractivity contribution < 1.29 is 28.5 Å². The van der Waals surface area contributed by atoms with Gasteiger partial charge in [-0.15, -0.1) is 0 Å².